The van der Waals surface area contributed by atoms with Crippen LogP contribution in [0.4, 0.5) is 0 Å². The number of allylic oxidation sites excluding steroid dienone is 1. The molecule has 1 fully saturated rings. The van der Waals surface area contributed by atoms with Crippen molar-refractivity contribution in [2.45, 2.75) is 25.8 Å². The highest BCUT2D eigenvalue weighted by molar-refractivity contribution is 9.10. The SMILES string of the molecule is C=CCC1(C(=O)O)CCN(Cc2ccc(Br)cn2)CC1. The van der Waals surface area contributed by atoms with Gasteiger partial charge >= 0.3 is 5.97 Å². The summed E-state index contributed by atoms with van der Waals surface area (Å²) < 4.78 is 0.968. The predicted molar refractivity (Wildman–Crippen MR) is 81.3 cm³/mol. The van der Waals surface area contributed by atoms with Crippen LogP contribution in [0.15, 0.2) is 35.5 Å². The van der Waals surface area contributed by atoms with Gasteiger partial charge in [0, 0.05) is 17.2 Å². The van der Waals surface area contributed by atoms with Crippen molar-refractivity contribution < 1.29 is 9.90 Å². The number of carboxylic acids is 1. The van der Waals surface area contributed by atoms with Crippen LogP contribution in [0.25, 0.3) is 0 Å². The quantitative estimate of drug-likeness (QED) is 0.838. The Morgan fingerprint density at radius 3 is 2.70 bits per heavy atom. The van der Waals surface area contributed by atoms with Crippen molar-refractivity contribution in [1.82, 2.24) is 9.88 Å². The zero-order valence-corrected chi connectivity index (χ0v) is 13.0. The Morgan fingerprint density at radius 1 is 1.50 bits per heavy atom. The third kappa shape index (κ3) is 3.46. The van der Waals surface area contributed by atoms with Crippen LogP contribution in [-0.2, 0) is 11.3 Å². The molecule has 1 aliphatic rings. The van der Waals surface area contributed by atoms with E-state index in [4.69, 9.17) is 0 Å². The summed E-state index contributed by atoms with van der Waals surface area (Å²) in [6.07, 6.45) is 5.40. The van der Waals surface area contributed by atoms with Crippen LogP contribution in [-0.4, -0.2) is 34.0 Å². The van der Waals surface area contributed by atoms with Crippen molar-refractivity contribution >= 4 is 21.9 Å². The molecule has 0 bridgehead atoms. The highest BCUT2D eigenvalue weighted by atomic mass is 79.9. The van der Waals surface area contributed by atoms with Gasteiger partial charge in [0.2, 0.25) is 0 Å². The Bertz CT molecular complexity index is 479. The second-order valence-corrected chi connectivity index (χ2v) is 6.24. The average molecular weight is 339 g/mol. The number of aromatic nitrogens is 1. The van der Waals surface area contributed by atoms with E-state index in [0.29, 0.717) is 19.3 Å². The van der Waals surface area contributed by atoms with E-state index in [9.17, 15) is 9.90 Å². The largest absolute Gasteiger partial charge is 0.481 e. The van der Waals surface area contributed by atoms with Crippen molar-refractivity contribution in [3.63, 3.8) is 0 Å². The predicted octanol–water partition coefficient (Wildman–Crippen LogP) is 3.09. The lowest BCUT2D eigenvalue weighted by Crippen LogP contribution is -2.43. The van der Waals surface area contributed by atoms with E-state index >= 15 is 0 Å². The molecule has 0 saturated carbocycles. The van der Waals surface area contributed by atoms with Crippen LogP contribution >= 0.6 is 15.9 Å². The zero-order chi connectivity index (χ0) is 14.6. The normalized spacial score (nSPS) is 18.6. The Hall–Kier alpha value is -1.20. The molecule has 4 nitrogen and oxygen atoms in total. The number of pyridine rings is 1. The lowest BCUT2D eigenvalue weighted by atomic mass is 9.75. The number of likely N-dealkylation sites (tertiary alicyclic amines) is 1. The molecule has 0 aromatic carbocycles. The minimum atomic E-state index is -0.696. The van der Waals surface area contributed by atoms with Crippen LogP contribution in [0.5, 0.6) is 0 Å². The standard InChI is InChI=1S/C15H19BrN2O2/c1-2-5-15(14(19)20)6-8-18(9-7-15)11-13-4-3-12(16)10-17-13/h2-4,10H,1,5-9,11H2,(H,19,20). The monoisotopic (exact) mass is 338 g/mol. The Kier molecular flexibility index (Phi) is 4.94. The van der Waals surface area contributed by atoms with E-state index in [0.717, 1.165) is 29.8 Å². The van der Waals surface area contributed by atoms with Gasteiger partial charge in [-0.15, -0.1) is 6.58 Å². The summed E-state index contributed by atoms with van der Waals surface area (Å²) in [5.41, 5.74) is 0.394. The van der Waals surface area contributed by atoms with Gasteiger partial charge in [-0.05, 0) is 60.4 Å². The molecule has 2 rings (SSSR count). The van der Waals surface area contributed by atoms with Gasteiger partial charge in [-0.2, -0.15) is 0 Å². The van der Waals surface area contributed by atoms with E-state index in [-0.39, 0.29) is 0 Å². The molecule has 1 aromatic heterocycles. The molecule has 0 unspecified atom stereocenters. The molecular weight excluding hydrogens is 320 g/mol. The van der Waals surface area contributed by atoms with Crippen LogP contribution in [0, 0.1) is 5.41 Å². The second-order valence-electron chi connectivity index (χ2n) is 5.32. The molecule has 1 aliphatic heterocycles. The molecule has 108 valence electrons. The fraction of sp³-hybridized carbons (Fsp3) is 0.467. The third-order valence-corrected chi connectivity index (χ3v) is 4.45. The summed E-state index contributed by atoms with van der Waals surface area (Å²) >= 11 is 3.37. The van der Waals surface area contributed by atoms with E-state index in [1.54, 1.807) is 12.3 Å². The topological polar surface area (TPSA) is 53.4 Å². The highest BCUT2D eigenvalue weighted by Gasteiger charge is 2.40. The van der Waals surface area contributed by atoms with E-state index in [1.807, 2.05) is 12.1 Å². The highest BCUT2D eigenvalue weighted by Crippen LogP contribution is 2.36. The first-order chi connectivity index (χ1) is 9.55. The maximum Gasteiger partial charge on any atom is 0.310 e. The van der Waals surface area contributed by atoms with Crippen molar-refractivity contribution in [2.24, 2.45) is 5.41 Å². The molecule has 0 spiro atoms. The number of rotatable bonds is 5. The van der Waals surface area contributed by atoms with Crippen molar-refractivity contribution in [1.29, 1.82) is 0 Å². The Morgan fingerprint density at radius 2 is 2.20 bits per heavy atom. The number of nitrogens with zero attached hydrogens (tertiary/aromatic N) is 2. The summed E-state index contributed by atoms with van der Waals surface area (Å²) in [5, 5.41) is 9.44. The Balaban J connectivity index is 1.95. The maximum absolute atomic E-state index is 11.5. The van der Waals surface area contributed by atoms with Gasteiger partial charge in [0.15, 0.2) is 0 Å². The van der Waals surface area contributed by atoms with E-state index in [1.165, 1.54) is 0 Å². The van der Waals surface area contributed by atoms with Gasteiger partial charge in [0.1, 0.15) is 0 Å². The first-order valence-electron chi connectivity index (χ1n) is 6.73. The van der Waals surface area contributed by atoms with Crippen LogP contribution in [0.3, 0.4) is 0 Å². The molecule has 1 saturated heterocycles. The molecule has 1 N–H and O–H groups in total. The first-order valence-corrected chi connectivity index (χ1v) is 7.52. The molecule has 0 amide bonds. The summed E-state index contributed by atoms with van der Waals surface area (Å²) in [7, 11) is 0. The molecule has 0 aliphatic carbocycles. The van der Waals surface area contributed by atoms with Gasteiger partial charge in [-0.25, -0.2) is 0 Å². The van der Waals surface area contributed by atoms with E-state index in [2.05, 4.69) is 32.4 Å². The number of carboxylic acid groups (broad SMARTS) is 1. The smallest absolute Gasteiger partial charge is 0.310 e. The number of hydrogen-bond acceptors (Lipinski definition) is 3. The molecular formula is C15H19BrN2O2. The minimum absolute atomic E-state index is 0.548. The van der Waals surface area contributed by atoms with E-state index < -0.39 is 11.4 Å². The number of halogens is 1. The number of hydrogen-bond donors (Lipinski definition) is 1. The summed E-state index contributed by atoms with van der Waals surface area (Å²) in [6, 6.07) is 3.97. The van der Waals surface area contributed by atoms with Gasteiger partial charge in [0.05, 0.1) is 11.1 Å². The molecule has 0 atom stereocenters. The second kappa shape index (κ2) is 6.50. The van der Waals surface area contributed by atoms with Gasteiger partial charge in [0.25, 0.3) is 0 Å². The lowest BCUT2D eigenvalue weighted by molar-refractivity contribution is -0.152. The zero-order valence-electron chi connectivity index (χ0n) is 11.4. The maximum atomic E-state index is 11.5. The number of carbonyl (C=O) groups is 1. The summed E-state index contributed by atoms with van der Waals surface area (Å²) in [4.78, 5) is 18.1. The van der Waals surface area contributed by atoms with Gasteiger partial charge in [-0.1, -0.05) is 6.08 Å². The van der Waals surface area contributed by atoms with Crippen molar-refractivity contribution in [3.8, 4) is 0 Å². The molecule has 5 heteroatoms. The van der Waals surface area contributed by atoms with Crippen LogP contribution in [0.2, 0.25) is 0 Å². The van der Waals surface area contributed by atoms with Gasteiger partial charge < -0.3 is 5.11 Å². The molecule has 20 heavy (non-hydrogen) atoms. The lowest BCUT2D eigenvalue weighted by Gasteiger charge is -2.38. The molecule has 2 heterocycles. The molecule has 0 radical (unpaired) electrons. The fourth-order valence-electron chi connectivity index (χ4n) is 2.65. The van der Waals surface area contributed by atoms with Crippen molar-refractivity contribution in [3.05, 3.63) is 41.2 Å². The average Bonchev–Trinajstić information content (AvgIpc) is 2.44. The first kappa shape index (κ1) is 15.2. The fourth-order valence-corrected chi connectivity index (χ4v) is 2.88. The van der Waals surface area contributed by atoms with Crippen LogP contribution in [0.1, 0.15) is 25.0 Å². The third-order valence-electron chi connectivity index (χ3n) is 3.98. The number of aliphatic carboxylic acids is 1. The van der Waals surface area contributed by atoms with Crippen molar-refractivity contribution in [2.75, 3.05) is 13.1 Å². The van der Waals surface area contributed by atoms with Gasteiger partial charge in [-0.3, -0.25) is 14.7 Å². The molecule has 1 aromatic rings. The summed E-state index contributed by atoms with van der Waals surface area (Å²) in [6.45, 7) is 6.04. The summed E-state index contributed by atoms with van der Waals surface area (Å²) in [5.74, 6) is -0.696. The Labute approximate surface area is 127 Å². The minimum Gasteiger partial charge on any atom is -0.481 e. The van der Waals surface area contributed by atoms with Crippen LogP contribution < -0.4 is 0 Å². The number of piperidine rings is 1.